The number of carbonyl (C=O) groups is 1. The van der Waals surface area contributed by atoms with Crippen LogP contribution in [0.2, 0.25) is 0 Å². The minimum Gasteiger partial charge on any atom is -0.489 e. The van der Waals surface area contributed by atoms with Crippen LogP contribution in [0.4, 0.5) is 0 Å². The summed E-state index contributed by atoms with van der Waals surface area (Å²) >= 11 is 0. The lowest BCUT2D eigenvalue weighted by atomic mass is 10.0. The van der Waals surface area contributed by atoms with Gasteiger partial charge in [-0.3, -0.25) is 9.69 Å². The Bertz CT molecular complexity index is 1930. The van der Waals surface area contributed by atoms with Crippen molar-refractivity contribution in [3.8, 4) is 22.9 Å². The van der Waals surface area contributed by atoms with Crippen LogP contribution in [-0.4, -0.2) is 96.8 Å². The molecular formula is C35H37N5O6S. The monoisotopic (exact) mass is 655 g/mol. The van der Waals surface area contributed by atoms with E-state index < -0.39 is 16.6 Å². The van der Waals surface area contributed by atoms with Crippen molar-refractivity contribution in [2.45, 2.75) is 30.8 Å². The summed E-state index contributed by atoms with van der Waals surface area (Å²) < 4.78 is 40.6. The van der Waals surface area contributed by atoms with E-state index in [1.54, 1.807) is 53.7 Å². The van der Waals surface area contributed by atoms with Crippen LogP contribution in [0, 0.1) is 18.3 Å². The molecule has 4 aromatic rings. The number of rotatable bonds is 9. The lowest BCUT2D eigenvalue weighted by Gasteiger charge is -2.32. The van der Waals surface area contributed by atoms with Gasteiger partial charge in [0.2, 0.25) is 5.91 Å². The number of amides is 1. The van der Waals surface area contributed by atoms with Crippen molar-refractivity contribution < 1.29 is 27.8 Å². The Hall–Kier alpha value is -4.54. The molecule has 2 aromatic carbocycles. The molecule has 11 nitrogen and oxygen atoms in total. The molecule has 244 valence electrons. The lowest BCUT2D eigenvalue weighted by molar-refractivity contribution is -0.135. The van der Waals surface area contributed by atoms with Gasteiger partial charge in [0.1, 0.15) is 24.5 Å². The fourth-order valence-corrected chi connectivity index (χ4v) is 7.26. The van der Waals surface area contributed by atoms with E-state index in [1.807, 2.05) is 25.1 Å². The summed E-state index contributed by atoms with van der Waals surface area (Å²) in [5.74, 6) is 0.114. The number of aliphatic hydroxyl groups excluding tert-OH is 1. The number of morpholine rings is 1. The molecule has 0 saturated carbocycles. The third kappa shape index (κ3) is 7.08. The van der Waals surface area contributed by atoms with Gasteiger partial charge in [-0.25, -0.2) is 17.4 Å². The van der Waals surface area contributed by atoms with Crippen molar-refractivity contribution in [2.24, 2.45) is 0 Å². The molecule has 1 N–H and O–H groups in total. The zero-order valence-corrected chi connectivity index (χ0v) is 27.0. The highest BCUT2D eigenvalue weighted by Crippen LogP contribution is 2.35. The minimum atomic E-state index is -3.99. The number of ether oxygens (including phenoxy) is 2. The molecule has 0 bridgehead atoms. The summed E-state index contributed by atoms with van der Waals surface area (Å²) in [4.78, 5) is 20.5. The number of likely N-dealkylation sites (tertiary alicyclic amines) is 1. The number of hydrogen-bond acceptors (Lipinski definition) is 9. The van der Waals surface area contributed by atoms with E-state index in [-0.39, 0.29) is 22.6 Å². The zero-order chi connectivity index (χ0) is 33.0. The molecule has 2 aliphatic heterocycles. The Morgan fingerprint density at radius 3 is 2.55 bits per heavy atom. The lowest BCUT2D eigenvalue weighted by Crippen LogP contribution is -2.42. The van der Waals surface area contributed by atoms with E-state index in [0.717, 1.165) is 30.8 Å². The highest BCUT2D eigenvalue weighted by molar-refractivity contribution is 7.90. The Balaban J connectivity index is 1.34. The molecule has 4 heterocycles. The van der Waals surface area contributed by atoms with Gasteiger partial charge in [0.05, 0.1) is 23.7 Å². The number of aryl methyl sites for hydroxylation is 1. The smallest absolute Gasteiger partial charge is 0.269 e. The highest BCUT2D eigenvalue weighted by atomic mass is 32.2. The second-order valence-corrected chi connectivity index (χ2v) is 13.6. The van der Waals surface area contributed by atoms with Crippen molar-refractivity contribution in [1.82, 2.24) is 18.8 Å². The van der Waals surface area contributed by atoms with Gasteiger partial charge in [-0.15, -0.1) is 0 Å². The van der Waals surface area contributed by atoms with Crippen LogP contribution in [0.3, 0.4) is 0 Å². The van der Waals surface area contributed by atoms with Gasteiger partial charge in [0.25, 0.3) is 10.0 Å². The molecule has 6 rings (SSSR count). The van der Waals surface area contributed by atoms with E-state index in [0.29, 0.717) is 67.0 Å². The van der Waals surface area contributed by atoms with Crippen LogP contribution in [0.5, 0.6) is 5.75 Å². The van der Waals surface area contributed by atoms with Gasteiger partial charge in [-0.2, -0.15) is 5.26 Å². The molecule has 2 fully saturated rings. The van der Waals surface area contributed by atoms with Gasteiger partial charge in [-0.05, 0) is 48.4 Å². The summed E-state index contributed by atoms with van der Waals surface area (Å²) in [6, 6.07) is 16.1. The van der Waals surface area contributed by atoms with Crippen molar-refractivity contribution in [2.75, 3.05) is 52.5 Å². The normalized spacial score (nSPS) is 16.5. The summed E-state index contributed by atoms with van der Waals surface area (Å²) in [6.45, 7) is 6.25. The maximum absolute atomic E-state index is 13.9. The van der Waals surface area contributed by atoms with Gasteiger partial charge >= 0.3 is 0 Å². The molecule has 0 unspecified atom stereocenters. The zero-order valence-electron chi connectivity index (χ0n) is 26.2. The van der Waals surface area contributed by atoms with E-state index >= 15 is 0 Å². The number of piperidine rings is 1. The molecule has 1 amide bonds. The maximum atomic E-state index is 13.9. The Kier molecular flexibility index (Phi) is 9.70. The summed E-state index contributed by atoms with van der Waals surface area (Å²) in [7, 11) is -3.99. The summed E-state index contributed by atoms with van der Waals surface area (Å²) in [5.41, 5.74) is 3.64. The van der Waals surface area contributed by atoms with E-state index in [2.05, 4.69) is 22.0 Å². The Morgan fingerprint density at radius 2 is 1.85 bits per heavy atom. The molecule has 0 atom stereocenters. The van der Waals surface area contributed by atoms with Gasteiger partial charge < -0.3 is 19.5 Å². The van der Waals surface area contributed by atoms with Gasteiger partial charge in [-0.1, -0.05) is 35.9 Å². The number of nitriles is 1. The molecule has 12 heteroatoms. The number of pyridine rings is 1. The Morgan fingerprint density at radius 1 is 1.11 bits per heavy atom. The number of aliphatic hydroxyl groups is 1. The molecule has 0 radical (unpaired) electrons. The standard InChI is InChI=1S/C35H37N5O6S/c1-25-4-7-30(8-5-25)47(43,44)40-23-32(31-19-26(22-37-35(31)40)3-2-12-38-15-17-45-18-16-38)27-6-9-33(28(20-27)21-36)46-29-10-13-39(14-11-29)34(42)24-41/h2-9,19-20,22-23,29,41H,10-18,24H2,1H3. The third-order valence-corrected chi connectivity index (χ3v) is 10.3. The fraction of sp³-hybridized carbons (Fsp3) is 0.343. The van der Waals surface area contributed by atoms with Crippen molar-refractivity contribution in [3.63, 3.8) is 0 Å². The van der Waals surface area contributed by atoms with Crippen LogP contribution < -0.4 is 4.74 Å². The SMILES string of the molecule is Cc1ccc(S(=O)(=O)n2cc(-c3ccc(OC4CCN(C(=O)CO)CC4)c(C#N)c3)c3cc(C=CCN4CCOCC4)cnc32)cc1. The number of nitrogens with zero attached hydrogens (tertiary/aromatic N) is 5. The number of hydrogen-bond donors (Lipinski definition) is 1. The summed E-state index contributed by atoms with van der Waals surface area (Å²) in [5, 5.41) is 19.9. The Labute approximate surface area is 274 Å². The summed E-state index contributed by atoms with van der Waals surface area (Å²) in [6.07, 6.45) is 8.26. The first-order chi connectivity index (χ1) is 22.8. The second kappa shape index (κ2) is 14.1. The number of aromatic nitrogens is 2. The first-order valence-electron chi connectivity index (χ1n) is 15.7. The quantitative estimate of drug-likeness (QED) is 0.285. The average molecular weight is 656 g/mol. The van der Waals surface area contributed by atoms with Crippen LogP contribution in [-0.2, 0) is 19.6 Å². The first kappa shape index (κ1) is 32.4. The van der Waals surface area contributed by atoms with Crippen LogP contribution in [0.25, 0.3) is 28.2 Å². The minimum absolute atomic E-state index is 0.149. The maximum Gasteiger partial charge on any atom is 0.269 e. The van der Waals surface area contributed by atoms with Crippen LogP contribution in [0.15, 0.2) is 71.9 Å². The van der Waals surface area contributed by atoms with Crippen LogP contribution in [0.1, 0.15) is 29.5 Å². The van der Waals surface area contributed by atoms with E-state index in [1.165, 1.54) is 3.97 Å². The molecule has 2 saturated heterocycles. The first-order valence-corrected chi connectivity index (χ1v) is 17.1. The predicted octanol–water partition coefficient (Wildman–Crippen LogP) is 3.83. The molecule has 2 aromatic heterocycles. The fourth-order valence-electron chi connectivity index (χ4n) is 5.94. The molecule has 0 aliphatic carbocycles. The van der Waals surface area contributed by atoms with Gasteiger partial charge in [0.15, 0.2) is 5.65 Å². The molecule has 0 spiro atoms. The molecule has 2 aliphatic rings. The predicted molar refractivity (Wildman–Crippen MR) is 177 cm³/mol. The van der Waals surface area contributed by atoms with Crippen molar-refractivity contribution >= 4 is 33.0 Å². The highest BCUT2D eigenvalue weighted by Gasteiger charge is 2.26. The average Bonchev–Trinajstić information content (AvgIpc) is 3.49. The largest absolute Gasteiger partial charge is 0.489 e. The molecule has 47 heavy (non-hydrogen) atoms. The van der Waals surface area contributed by atoms with Crippen LogP contribution >= 0.6 is 0 Å². The third-order valence-electron chi connectivity index (χ3n) is 8.62. The second-order valence-electron chi connectivity index (χ2n) is 11.8. The molecular weight excluding hydrogens is 618 g/mol. The van der Waals surface area contributed by atoms with Crippen molar-refractivity contribution in [1.29, 1.82) is 5.26 Å². The van der Waals surface area contributed by atoms with Gasteiger partial charge in [0, 0.05) is 68.9 Å². The number of fused-ring (bicyclic) bond motifs is 1. The van der Waals surface area contributed by atoms with Crippen molar-refractivity contribution in [3.05, 3.63) is 83.7 Å². The van der Waals surface area contributed by atoms with E-state index in [4.69, 9.17) is 14.6 Å². The number of benzene rings is 2. The topological polar surface area (TPSA) is 138 Å². The number of carbonyl (C=O) groups excluding carboxylic acids is 1. The van der Waals surface area contributed by atoms with E-state index in [9.17, 15) is 18.5 Å².